The second-order valence-electron chi connectivity index (χ2n) is 4.30. The van der Waals surface area contributed by atoms with Gasteiger partial charge < -0.3 is 19.9 Å². The molecule has 2 rings (SSSR count). The molecule has 0 aromatic heterocycles. The van der Waals surface area contributed by atoms with E-state index in [9.17, 15) is 5.11 Å². The molecule has 124 valence electrons. The predicted molar refractivity (Wildman–Crippen MR) is 88.3 cm³/mol. The van der Waals surface area contributed by atoms with Gasteiger partial charge in [-0.3, -0.25) is 0 Å². The quantitative estimate of drug-likeness (QED) is 0.656. The Labute approximate surface area is 159 Å². The van der Waals surface area contributed by atoms with Crippen molar-refractivity contribution in [3.05, 3.63) is 29.8 Å². The molecule has 2 N–H and O–H groups in total. The molecule has 4 heteroatoms. The highest BCUT2D eigenvalue weighted by atomic mass is 16.5. The van der Waals surface area contributed by atoms with Gasteiger partial charge in [0.15, 0.2) is 0 Å². The van der Waals surface area contributed by atoms with Gasteiger partial charge in [0.2, 0.25) is 0 Å². The molecule has 0 heterocycles. The SMILES string of the molecule is [2H]C([2H])([2H])C([2H])(NCC(O)COc1ccc(C([2H])([2H])C([2H])([2H])OC([2H])([2H])C2([2H])C([2H])([2H])C2([2H])[2H])cc1)C([2H])([2H])[2H]. The molecule has 0 aliphatic heterocycles. The van der Waals surface area contributed by atoms with Gasteiger partial charge in [-0.05, 0) is 42.7 Å². The van der Waals surface area contributed by atoms with Gasteiger partial charge in [0.05, 0.1) is 12.0 Å². The topological polar surface area (TPSA) is 50.7 Å². The number of hydrogen-bond donors (Lipinski definition) is 2. The first-order valence-electron chi connectivity index (χ1n) is 15.4. The van der Waals surface area contributed by atoms with Crippen LogP contribution in [-0.4, -0.2) is 43.5 Å². The van der Waals surface area contributed by atoms with Crippen LogP contribution < -0.4 is 10.1 Å². The Morgan fingerprint density at radius 1 is 1.50 bits per heavy atom. The Morgan fingerprint density at radius 2 is 2.27 bits per heavy atom. The maximum Gasteiger partial charge on any atom is 0.119 e. The zero-order valence-corrected chi connectivity index (χ0v) is 11.6. The first-order chi connectivity index (χ1) is 17.5. The van der Waals surface area contributed by atoms with Crippen LogP contribution >= 0.6 is 0 Å². The van der Waals surface area contributed by atoms with Crippen LogP contribution in [-0.2, 0) is 11.1 Å². The second-order valence-corrected chi connectivity index (χ2v) is 4.30. The highest BCUT2D eigenvalue weighted by Gasteiger charge is 2.20. The standard InChI is InChI=1S/C18H29NO3/c1-14(2)19-11-17(20)13-22-18-7-5-15(6-8-18)9-10-21-12-16-3-4-16/h5-8,14,16-17,19-20H,3-4,9-13H2,1-2H3/i1D3,2D3,3D2,4D2,9D2,10D2,12D2,14D,16D. The van der Waals surface area contributed by atoms with E-state index in [1.807, 2.05) is 5.32 Å². The van der Waals surface area contributed by atoms with E-state index in [1.54, 1.807) is 0 Å². The summed E-state index contributed by atoms with van der Waals surface area (Å²) in [5, 5.41) is 12.1. The molecule has 1 aromatic rings. The van der Waals surface area contributed by atoms with Crippen LogP contribution in [0.5, 0.6) is 5.75 Å². The van der Waals surface area contributed by atoms with Crippen molar-refractivity contribution in [2.75, 3.05) is 26.3 Å². The van der Waals surface area contributed by atoms with Crippen molar-refractivity contribution in [3.8, 4) is 5.75 Å². The first-order valence-corrected chi connectivity index (χ1v) is 6.40. The average molecular weight is 326 g/mol. The summed E-state index contributed by atoms with van der Waals surface area (Å²) >= 11 is 0. The minimum atomic E-state index is -3.58. The van der Waals surface area contributed by atoms with E-state index < -0.39 is 82.7 Å². The number of nitrogens with one attached hydrogen (secondary N) is 1. The maximum absolute atomic E-state index is 10.1. The molecular weight excluding hydrogens is 278 g/mol. The molecule has 1 aromatic carbocycles. The van der Waals surface area contributed by atoms with Crippen LogP contribution in [0, 0.1) is 5.89 Å². The summed E-state index contributed by atoms with van der Waals surface area (Å²) in [6, 6.07) is 1.28. The Hall–Kier alpha value is -1.10. The molecule has 0 amide bonds. The molecule has 1 fully saturated rings. The highest BCUT2D eigenvalue weighted by Crippen LogP contribution is 2.28. The van der Waals surface area contributed by atoms with E-state index in [1.165, 1.54) is 0 Å². The fourth-order valence-electron chi connectivity index (χ4n) is 1.35. The molecule has 4 nitrogen and oxygen atoms in total. The summed E-state index contributed by atoms with van der Waals surface area (Å²) < 4.78 is 148. The minimum absolute atomic E-state index is 0.00340. The van der Waals surface area contributed by atoms with Gasteiger partial charge in [0.25, 0.3) is 0 Å². The lowest BCUT2D eigenvalue weighted by Gasteiger charge is -2.15. The fourth-order valence-corrected chi connectivity index (χ4v) is 1.35. The summed E-state index contributed by atoms with van der Waals surface area (Å²) in [6.07, 6.45) is -10.7. The van der Waals surface area contributed by atoms with Crippen molar-refractivity contribution < 1.29 is 39.3 Å². The van der Waals surface area contributed by atoms with E-state index in [0.29, 0.717) is 0 Å². The summed E-state index contributed by atoms with van der Waals surface area (Å²) in [6.45, 7) is -14.8. The minimum Gasteiger partial charge on any atom is -0.491 e. The fraction of sp³-hybridized carbons (Fsp3) is 0.667. The van der Waals surface area contributed by atoms with Crippen LogP contribution in [0.15, 0.2) is 24.3 Å². The van der Waals surface area contributed by atoms with Crippen molar-refractivity contribution in [2.45, 2.75) is 44.9 Å². The van der Waals surface area contributed by atoms with Crippen molar-refractivity contribution in [1.82, 2.24) is 5.32 Å². The van der Waals surface area contributed by atoms with E-state index in [2.05, 4.69) is 4.74 Å². The lowest BCUT2D eigenvalue weighted by molar-refractivity contribution is 0.104. The number of aliphatic hydroxyl groups excluding tert-OH is 1. The molecule has 1 atom stereocenters. The van der Waals surface area contributed by atoms with E-state index >= 15 is 0 Å². The number of aryl methyl sites for hydroxylation is 1. The lowest BCUT2D eigenvalue weighted by atomic mass is 10.1. The van der Waals surface area contributed by atoms with E-state index in [0.717, 1.165) is 24.3 Å². The molecule has 0 radical (unpaired) electrons. The largest absolute Gasteiger partial charge is 0.491 e. The van der Waals surface area contributed by atoms with E-state index in [-0.39, 0.29) is 5.75 Å². The summed E-state index contributed by atoms with van der Waals surface area (Å²) in [5.41, 5.74) is -0.405. The Balaban J connectivity index is 2.08. The van der Waals surface area contributed by atoms with Crippen molar-refractivity contribution in [3.63, 3.8) is 0 Å². The van der Waals surface area contributed by atoms with Crippen molar-refractivity contribution >= 4 is 0 Å². The van der Waals surface area contributed by atoms with Crippen LogP contribution in [0.2, 0.25) is 0 Å². The zero-order valence-electron chi connectivity index (χ0n) is 29.6. The molecule has 1 aliphatic carbocycles. The third-order valence-electron chi connectivity index (χ3n) is 2.46. The van der Waals surface area contributed by atoms with E-state index in [4.69, 9.17) is 29.4 Å². The van der Waals surface area contributed by atoms with Gasteiger partial charge >= 0.3 is 0 Å². The maximum atomic E-state index is 10.1. The van der Waals surface area contributed by atoms with Gasteiger partial charge in [-0.1, -0.05) is 25.8 Å². The monoisotopic (exact) mass is 325 g/mol. The van der Waals surface area contributed by atoms with Crippen LogP contribution in [0.3, 0.4) is 0 Å². The van der Waals surface area contributed by atoms with Crippen LogP contribution in [0.25, 0.3) is 0 Å². The Kier molecular flexibility index (Phi) is 2.16. The predicted octanol–water partition coefficient (Wildman–Crippen LogP) is 2.39. The summed E-state index contributed by atoms with van der Waals surface area (Å²) in [4.78, 5) is 0. The third kappa shape index (κ3) is 7.25. The number of aliphatic hydroxyl groups is 1. The molecule has 0 bridgehead atoms. The highest BCUT2D eigenvalue weighted by molar-refractivity contribution is 5.27. The number of hydrogen-bond acceptors (Lipinski definition) is 4. The lowest BCUT2D eigenvalue weighted by Crippen LogP contribution is -2.35. The van der Waals surface area contributed by atoms with Crippen molar-refractivity contribution in [2.24, 2.45) is 5.89 Å². The van der Waals surface area contributed by atoms with Crippen molar-refractivity contribution in [1.29, 1.82) is 0 Å². The molecule has 1 aliphatic rings. The Bertz CT molecular complexity index is 1020. The van der Waals surface area contributed by atoms with Gasteiger partial charge in [0.1, 0.15) is 18.5 Å². The molecule has 1 unspecified atom stereocenters. The Morgan fingerprint density at radius 3 is 2.95 bits per heavy atom. The zero-order chi connectivity index (χ0) is 31.6. The molecule has 22 heavy (non-hydrogen) atoms. The average Bonchev–Trinajstić information content (AvgIpc) is 3.11. The molecular formula is C18H29NO3. The second kappa shape index (κ2) is 9.13. The normalized spacial score (nSPS) is 37.7. The first kappa shape index (κ1) is 5.20. The number of rotatable bonds is 11. The molecule has 0 saturated heterocycles. The van der Waals surface area contributed by atoms with Gasteiger partial charge in [-0.25, -0.2) is 0 Å². The number of ether oxygens (including phenoxy) is 2. The van der Waals surface area contributed by atoms with Gasteiger partial charge in [0, 0.05) is 38.3 Å². The van der Waals surface area contributed by atoms with Gasteiger partial charge in [-0.2, -0.15) is 0 Å². The molecule has 1 saturated carbocycles. The third-order valence-corrected chi connectivity index (χ3v) is 2.46. The van der Waals surface area contributed by atoms with Crippen LogP contribution in [0.1, 0.15) is 56.7 Å². The summed E-state index contributed by atoms with van der Waals surface area (Å²) in [7, 11) is 0. The number of benzene rings is 1. The van der Waals surface area contributed by atoms with Gasteiger partial charge in [-0.15, -0.1) is 0 Å². The van der Waals surface area contributed by atoms with Crippen LogP contribution in [0.4, 0.5) is 0 Å². The summed E-state index contributed by atoms with van der Waals surface area (Å²) in [5.74, 6) is -3.17. The molecule has 0 spiro atoms. The smallest absolute Gasteiger partial charge is 0.119 e.